The zero-order chi connectivity index (χ0) is 20.1. The quantitative estimate of drug-likeness (QED) is 0.557. The van der Waals surface area contributed by atoms with Crippen LogP contribution in [0.4, 0.5) is 5.69 Å². The summed E-state index contributed by atoms with van der Waals surface area (Å²) in [6.07, 6.45) is 2.62. The molecule has 0 aliphatic carbocycles. The highest BCUT2D eigenvalue weighted by molar-refractivity contribution is 5.70. The monoisotopic (exact) mass is 387 g/mol. The summed E-state index contributed by atoms with van der Waals surface area (Å²) in [6, 6.07) is 27.6. The molecule has 3 heteroatoms. The smallest absolute Gasteiger partial charge is 0.119 e. The fourth-order valence-corrected chi connectivity index (χ4v) is 4.03. The summed E-state index contributed by atoms with van der Waals surface area (Å²) < 4.78 is 6.01. The van der Waals surface area contributed by atoms with Crippen molar-refractivity contribution in [3.8, 4) is 16.9 Å². The summed E-state index contributed by atoms with van der Waals surface area (Å²) in [7, 11) is 0. The van der Waals surface area contributed by atoms with E-state index in [-0.39, 0.29) is 12.1 Å². The van der Waals surface area contributed by atoms with Crippen LogP contribution < -0.4 is 9.64 Å². The van der Waals surface area contributed by atoms with Gasteiger partial charge in [-0.25, -0.2) is 0 Å². The maximum absolute atomic E-state index is 10.1. The molecular formula is C26H29NO2. The van der Waals surface area contributed by atoms with Crippen LogP contribution in [0.15, 0.2) is 78.9 Å². The molecule has 0 radical (unpaired) electrons. The van der Waals surface area contributed by atoms with Gasteiger partial charge in [0.2, 0.25) is 0 Å². The van der Waals surface area contributed by atoms with Gasteiger partial charge in [-0.2, -0.15) is 0 Å². The van der Waals surface area contributed by atoms with Crippen LogP contribution in [0.3, 0.4) is 0 Å². The van der Waals surface area contributed by atoms with Crippen molar-refractivity contribution < 1.29 is 9.84 Å². The van der Waals surface area contributed by atoms with E-state index in [0.29, 0.717) is 6.61 Å². The minimum Gasteiger partial charge on any atom is -0.494 e. The van der Waals surface area contributed by atoms with Crippen molar-refractivity contribution in [3.63, 3.8) is 0 Å². The van der Waals surface area contributed by atoms with Crippen LogP contribution in [0.1, 0.15) is 25.3 Å². The van der Waals surface area contributed by atoms with Gasteiger partial charge in [-0.1, -0.05) is 54.6 Å². The van der Waals surface area contributed by atoms with E-state index < -0.39 is 0 Å². The molecule has 3 nitrogen and oxygen atoms in total. The zero-order valence-electron chi connectivity index (χ0n) is 17.0. The summed E-state index contributed by atoms with van der Waals surface area (Å²) in [5, 5.41) is 10.1. The first-order chi connectivity index (χ1) is 14.2. The molecule has 150 valence electrons. The number of benzene rings is 3. The van der Waals surface area contributed by atoms with Crippen LogP contribution in [-0.4, -0.2) is 30.4 Å². The normalized spacial score (nSPS) is 18.8. The number of aliphatic hydroxyl groups is 1. The molecule has 1 aliphatic rings. The number of rotatable bonds is 7. The van der Waals surface area contributed by atoms with E-state index in [4.69, 9.17) is 4.74 Å². The van der Waals surface area contributed by atoms with E-state index in [1.165, 1.54) is 16.8 Å². The Bertz CT molecular complexity index is 925. The predicted molar refractivity (Wildman–Crippen MR) is 120 cm³/mol. The Morgan fingerprint density at radius 2 is 1.69 bits per heavy atom. The SMILES string of the molecule is CC1C(O)CCN1c1cccc(-c2cccc(OCCCc3ccccc3)c2)c1. The van der Waals surface area contributed by atoms with Crippen LogP contribution in [0.25, 0.3) is 11.1 Å². The number of hydrogen-bond acceptors (Lipinski definition) is 3. The van der Waals surface area contributed by atoms with Gasteiger partial charge in [-0.05, 0) is 67.1 Å². The molecule has 0 spiro atoms. The van der Waals surface area contributed by atoms with Gasteiger partial charge in [0.25, 0.3) is 0 Å². The number of anilines is 1. The van der Waals surface area contributed by atoms with Crippen LogP contribution >= 0.6 is 0 Å². The predicted octanol–water partition coefficient (Wildman–Crippen LogP) is 5.32. The molecule has 1 N–H and O–H groups in total. The fourth-order valence-electron chi connectivity index (χ4n) is 4.03. The summed E-state index contributed by atoms with van der Waals surface area (Å²) in [4.78, 5) is 2.29. The van der Waals surface area contributed by atoms with Crippen LogP contribution in [0.5, 0.6) is 5.75 Å². The molecule has 1 heterocycles. The van der Waals surface area contributed by atoms with Crippen molar-refractivity contribution >= 4 is 5.69 Å². The lowest BCUT2D eigenvalue weighted by atomic mass is 10.0. The van der Waals surface area contributed by atoms with Crippen molar-refractivity contribution in [2.75, 3.05) is 18.1 Å². The third kappa shape index (κ3) is 4.80. The third-order valence-corrected chi connectivity index (χ3v) is 5.78. The summed E-state index contributed by atoms with van der Waals surface area (Å²) in [6.45, 7) is 3.70. The standard InChI is InChI=1S/C26H29NO2/c1-20-26(28)15-16-27(20)24-13-5-11-22(18-24)23-12-6-14-25(19-23)29-17-7-10-21-8-3-2-4-9-21/h2-6,8-9,11-14,18-20,26,28H,7,10,15-17H2,1H3. The second kappa shape index (κ2) is 9.15. The molecule has 1 aliphatic heterocycles. The van der Waals surface area contributed by atoms with E-state index >= 15 is 0 Å². The van der Waals surface area contributed by atoms with E-state index in [1.807, 2.05) is 12.1 Å². The Kier molecular flexibility index (Phi) is 6.16. The largest absolute Gasteiger partial charge is 0.494 e. The Morgan fingerprint density at radius 1 is 0.931 bits per heavy atom. The van der Waals surface area contributed by atoms with Crippen LogP contribution in [0, 0.1) is 0 Å². The maximum atomic E-state index is 10.1. The molecule has 4 rings (SSSR count). The number of hydrogen-bond donors (Lipinski definition) is 1. The van der Waals surface area contributed by atoms with Crippen molar-refractivity contribution in [3.05, 3.63) is 84.4 Å². The molecular weight excluding hydrogens is 358 g/mol. The number of nitrogens with zero attached hydrogens (tertiary/aromatic N) is 1. The highest BCUT2D eigenvalue weighted by atomic mass is 16.5. The van der Waals surface area contributed by atoms with Gasteiger partial charge in [0.05, 0.1) is 18.8 Å². The lowest BCUT2D eigenvalue weighted by Gasteiger charge is -2.25. The average Bonchev–Trinajstić information content (AvgIpc) is 3.11. The van der Waals surface area contributed by atoms with E-state index in [9.17, 15) is 5.11 Å². The van der Waals surface area contributed by atoms with Crippen molar-refractivity contribution in [1.29, 1.82) is 0 Å². The van der Waals surface area contributed by atoms with Gasteiger partial charge in [0.15, 0.2) is 0 Å². The molecule has 0 saturated carbocycles. The summed E-state index contributed by atoms with van der Waals surface area (Å²) in [5.74, 6) is 0.908. The molecule has 3 aromatic rings. The van der Waals surface area contributed by atoms with Crippen LogP contribution in [-0.2, 0) is 6.42 Å². The molecule has 1 saturated heterocycles. The van der Waals surface area contributed by atoms with Gasteiger partial charge in [-0.3, -0.25) is 0 Å². The number of aliphatic hydroxyl groups excluding tert-OH is 1. The Labute approximate surface area is 173 Å². The second-order valence-electron chi connectivity index (χ2n) is 7.81. The topological polar surface area (TPSA) is 32.7 Å². The third-order valence-electron chi connectivity index (χ3n) is 5.78. The summed E-state index contributed by atoms with van der Waals surface area (Å²) in [5.41, 5.74) is 4.84. The molecule has 0 aromatic heterocycles. The molecule has 2 atom stereocenters. The fraction of sp³-hybridized carbons (Fsp3) is 0.308. The van der Waals surface area contributed by atoms with Gasteiger partial charge in [-0.15, -0.1) is 0 Å². The van der Waals surface area contributed by atoms with E-state index in [1.54, 1.807) is 0 Å². The molecule has 29 heavy (non-hydrogen) atoms. The van der Waals surface area contributed by atoms with Crippen LogP contribution in [0.2, 0.25) is 0 Å². The van der Waals surface area contributed by atoms with E-state index in [0.717, 1.165) is 37.1 Å². The molecule has 2 unspecified atom stereocenters. The average molecular weight is 388 g/mol. The first-order valence-corrected chi connectivity index (χ1v) is 10.5. The van der Waals surface area contributed by atoms with Crippen molar-refractivity contribution in [2.45, 2.75) is 38.3 Å². The van der Waals surface area contributed by atoms with Crippen molar-refractivity contribution in [1.82, 2.24) is 0 Å². The molecule has 3 aromatic carbocycles. The highest BCUT2D eigenvalue weighted by Crippen LogP contribution is 2.31. The lowest BCUT2D eigenvalue weighted by Crippen LogP contribution is -2.32. The van der Waals surface area contributed by atoms with Crippen molar-refractivity contribution in [2.24, 2.45) is 0 Å². The lowest BCUT2D eigenvalue weighted by molar-refractivity contribution is 0.170. The Hall–Kier alpha value is -2.78. The summed E-state index contributed by atoms with van der Waals surface area (Å²) >= 11 is 0. The minimum absolute atomic E-state index is 0.157. The molecule has 1 fully saturated rings. The van der Waals surface area contributed by atoms with Gasteiger partial charge >= 0.3 is 0 Å². The maximum Gasteiger partial charge on any atom is 0.119 e. The Balaban J connectivity index is 1.40. The van der Waals surface area contributed by atoms with E-state index in [2.05, 4.69) is 78.6 Å². The second-order valence-corrected chi connectivity index (χ2v) is 7.81. The molecule has 0 bridgehead atoms. The first-order valence-electron chi connectivity index (χ1n) is 10.5. The van der Waals surface area contributed by atoms with Gasteiger partial charge < -0.3 is 14.7 Å². The minimum atomic E-state index is -0.244. The number of ether oxygens (including phenoxy) is 1. The van der Waals surface area contributed by atoms with Gasteiger partial charge in [0.1, 0.15) is 5.75 Å². The highest BCUT2D eigenvalue weighted by Gasteiger charge is 2.29. The number of aryl methyl sites for hydroxylation is 1. The van der Waals surface area contributed by atoms with Gasteiger partial charge in [0, 0.05) is 12.2 Å². The zero-order valence-corrected chi connectivity index (χ0v) is 17.0. The molecule has 0 amide bonds. The first kappa shape index (κ1) is 19.5. The Morgan fingerprint density at radius 3 is 2.45 bits per heavy atom.